The van der Waals surface area contributed by atoms with E-state index >= 15 is 0 Å². The number of benzene rings is 8. The molecule has 1 heteroatoms. The third-order valence-electron chi connectivity index (χ3n) is 11.0. The second-order valence-electron chi connectivity index (χ2n) is 14.1. The van der Waals surface area contributed by atoms with E-state index in [1.165, 1.54) is 88.9 Å². The summed E-state index contributed by atoms with van der Waals surface area (Å²) in [6.45, 7) is 4.72. The summed E-state index contributed by atoms with van der Waals surface area (Å²) in [5, 5.41) is 2.45. The average molecular weight is 638 g/mol. The summed E-state index contributed by atoms with van der Waals surface area (Å²) < 4.78 is 0. The van der Waals surface area contributed by atoms with Crippen LogP contribution in [0.15, 0.2) is 176 Å². The number of fused-ring (bicyclic) bond motifs is 12. The molecule has 0 aromatic heterocycles. The third-order valence-corrected chi connectivity index (χ3v) is 11.0. The van der Waals surface area contributed by atoms with Gasteiger partial charge in [-0.2, -0.15) is 0 Å². The van der Waals surface area contributed by atoms with Crippen molar-refractivity contribution in [2.24, 2.45) is 0 Å². The van der Waals surface area contributed by atoms with Crippen LogP contribution in [0.5, 0.6) is 0 Å². The summed E-state index contributed by atoms with van der Waals surface area (Å²) >= 11 is 0. The number of hydrogen-bond acceptors (Lipinski definition) is 1. The molecule has 0 heterocycles. The van der Waals surface area contributed by atoms with E-state index < -0.39 is 0 Å². The van der Waals surface area contributed by atoms with Crippen molar-refractivity contribution >= 4 is 27.8 Å². The van der Waals surface area contributed by atoms with Crippen molar-refractivity contribution in [3.8, 4) is 55.6 Å². The molecule has 0 atom stereocenters. The molecular weight excluding hydrogens is 603 g/mol. The van der Waals surface area contributed by atoms with Gasteiger partial charge in [0.05, 0.1) is 11.4 Å². The van der Waals surface area contributed by atoms with Gasteiger partial charge in [0.2, 0.25) is 0 Å². The highest BCUT2D eigenvalue weighted by Gasteiger charge is 2.38. The van der Waals surface area contributed by atoms with Crippen LogP contribution < -0.4 is 4.90 Å². The summed E-state index contributed by atoms with van der Waals surface area (Å²) in [4.78, 5) is 2.51. The van der Waals surface area contributed by atoms with Gasteiger partial charge in [-0.3, -0.25) is 0 Å². The minimum absolute atomic E-state index is 0.103. The van der Waals surface area contributed by atoms with E-state index in [0.717, 1.165) is 5.69 Å². The van der Waals surface area contributed by atoms with Gasteiger partial charge in [0.25, 0.3) is 0 Å². The summed E-state index contributed by atoms with van der Waals surface area (Å²) in [6.07, 6.45) is 0. The molecular formula is C49H35N. The van der Waals surface area contributed by atoms with Gasteiger partial charge in [-0.1, -0.05) is 166 Å². The lowest BCUT2D eigenvalue weighted by Gasteiger charge is -2.31. The van der Waals surface area contributed by atoms with Gasteiger partial charge in [0.15, 0.2) is 0 Å². The van der Waals surface area contributed by atoms with Crippen LogP contribution in [0.4, 0.5) is 17.1 Å². The molecule has 2 aliphatic carbocycles. The van der Waals surface area contributed by atoms with E-state index in [4.69, 9.17) is 0 Å². The van der Waals surface area contributed by atoms with Crippen LogP contribution >= 0.6 is 0 Å². The first-order valence-corrected chi connectivity index (χ1v) is 17.5. The fraction of sp³-hybridized carbons (Fsp3) is 0.0612. The Morgan fingerprint density at radius 1 is 0.360 bits per heavy atom. The molecule has 0 saturated heterocycles. The molecule has 0 bridgehead atoms. The Bertz CT molecular complexity index is 2630. The minimum Gasteiger partial charge on any atom is -0.309 e. The van der Waals surface area contributed by atoms with Gasteiger partial charge >= 0.3 is 0 Å². The minimum atomic E-state index is -0.103. The van der Waals surface area contributed by atoms with Crippen LogP contribution in [0, 0.1) is 0 Å². The standard InChI is InChI=1S/C49H35N/c1-49(2)44-25-12-11-24-42(44)48-45(49)26-14-28-47(48)50(46-27-13-16-32-15-3-4-17-34(32)46)33-29-30-41-39-22-8-7-20-37(39)35-18-5-6-19-36(35)38-21-9-10-23-40(38)43(41)31-33/h3-31H,1-2H3. The first-order chi connectivity index (χ1) is 24.6. The maximum atomic E-state index is 2.51. The smallest absolute Gasteiger partial charge is 0.0543 e. The molecule has 0 unspecified atom stereocenters. The van der Waals surface area contributed by atoms with Crippen LogP contribution in [0.2, 0.25) is 0 Å². The molecule has 8 aromatic carbocycles. The summed E-state index contributed by atoms with van der Waals surface area (Å²) in [5.41, 5.74) is 18.8. The van der Waals surface area contributed by atoms with Crippen molar-refractivity contribution in [2.75, 3.05) is 4.90 Å². The molecule has 0 aliphatic heterocycles. The molecule has 0 fully saturated rings. The first kappa shape index (κ1) is 28.8. The van der Waals surface area contributed by atoms with E-state index in [2.05, 4.69) is 195 Å². The summed E-state index contributed by atoms with van der Waals surface area (Å²) in [7, 11) is 0. The zero-order valence-electron chi connectivity index (χ0n) is 28.2. The molecule has 0 saturated carbocycles. The van der Waals surface area contributed by atoms with Gasteiger partial charge in [-0.25, -0.2) is 0 Å². The second-order valence-corrected chi connectivity index (χ2v) is 14.1. The molecule has 2 aliphatic rings. The van der Waals surface area contributed by atoms with Crippen molar-refractivity contribution in [1.29, 1.82) is 0 Å². The molecule has 10 rings (SSSR count). The van der Waals surface area contributed by atoms with E-state index in [0.29, 0.717) is 0 Å². The Labute approximate surface area is 293 Å². The van der Waals surface area contributed by atoms with Crippen molar-refractivity contribution in [3.63, 3.8) is 0 Å². The summed E-state index contributed by atoms with van der Waals surface area (Å²) in [5.74, 6) is 0. The van der Waals surface area contributed by atoms with Crippen molar-refractivity contribution in [1.82, 2.24) is 0 Å². The Morgan fingerprint density at radius 2 is 0.820 bits per heavy atom. The van der Waals surface area contributed by atoms with E-state index in [1.807, 2.05) is 0 Å². The van der Waals surface area contributed by atoms with E-state index in [1.54, 1.807) is 0 Å². The maximum absolute atomic E-state index is 2.51. The fourth-order valence-electron chi connectivity index (χ4n) is 8.72. The lowest BCUT2D eigenvalue weighted by Crippen LogP contribution is -2.16. The van der Waals surface area contributed by atoms with Crippen LogP contribution in [0.1, 0.15) is 25.0 Å². The Morgan fingerprint density at radius 3 is 1.48 bits per heavy atom. The Hall–Kier alpha value is -6.18. The second kappa shape index (κ2) is 10.9. The van der Waals surface area contributed by atoms with Crippen molar-refractivity contribution in [3.05, 3.63) is 187 Å². The number of rotatable bonds is 3. The van der Waals surface area contributed by atoms with Crippen molar-refractivity contribution < 1.29 is 0 Å². The highest BCUT2D eigenvalue weighted by Crippen LogP contribution is 2.55. The number of nitrogens with zero attached hydrogens (tertiary/aromatic N) is 1. The molecule has 0 N–H and O–H groups in total. The van der Waals surface area contributed by atoms with Gasteiger partial charge in [-0.15, -0.1) is 0 Å². The highest BCUT2D eigenvalue weighted by atomic mass is 15.1. The Balaban J connectivity index is 1.30. The average Bonchev–Trinajstić information content (AvgIpc) is 3.41. The quantitative estimate of drug-likeness (QED) is 0.186. The molecule has 0 amide bonds. The van der Waals surface area contributed by atoms with Gasteiger partial charge in [0, 0.05) is 22.1 Å². The van der Waals surface area contributed by atoms with Crippen LogP contribution in [0.3, 0.4) is 0 Å². The number of hydrogen-bond donors (Lipinski definition) is 0. The SMILES string of the molecule is CC1(C)c2ccccc2-c2c(N(c3ccc4c(c3)-c3ccccc3-c3ccccc3-c3ccccc3-4)c3cccc4ccccc34)cccc21. The number of anilines is 3. The first-order valence-electron chi connectivity index (χ1n) is 17.5. The largest absolute Gasteiger partial charge is 0.309 e. The highest BCUT2D eigenvalue weighted by molar-refractivity contribution is 6.06. The monoisotopic (exact) mass is 637 g/mol. The normalized spacial score (nSPS) is 13.2. The Kier molecular flexibility index (Phi) is 6.29. The predicted octanol–water partition coefficient (Wildman–Crippen LogP) is 13.6. The van der Waals surface area contributed by atoms with Crippen LogP contribution in [-0.2, 0) is 5.41 Å². The molecule has 1 nitrogen and oxygen atoms in total. The van der Waals surface area contributed by atoms with Gasteiger partial charge in [-0.05, 0) is 90.8 Å². The lowest BCUT2D eigenvalue weighted by atomic mass is 9.80. The molecule has 0 spiro atoms. The molecule has 8 aromatic rings. The third kappa shape index (κ3) is 4.13. The maximum Gasteiger partial charge on any atom is 0.0543 e. The lowest BCUT2D eigenvalue weighted by molar-refractivity contribution is 0.660. The molecule has 236 valence electrons. The topological polar surface area (TPSA) is 3.24 Å². The van der Waals surface area contributed by atoms with Crippen molar-refractivity contribution in [2.45, 2.75) is 19.3 Å². The zero-order valence-corrected chi connectivity index (χ0v) is 28.2. The molecule has 50 heavy (non-hydrogen) atoms. The van der Waals surface area contributed by atoms with E-state index in [9.17, 15) is 0 Å². The van der Waals surface area contributed by atoms with E-state index in [-0.39, 0.29) is 5.41 Å². The zero-order chi connectivity index (χ0) is 33.4. The van der Waals surface area contributed by atoms with Gasteiger partial charge in [0.1, 0.15) is 0 Å². The fourth-order valence-corrected chi connectivity index (χ4v) is 8.72. The molecule has 0 radical (unpaired) electrons. The van der Waals surface area contributed by atoms with Crippen LogP contribution in [0.25, 0.3) is 66.4 Å². The van der Waals surface area contributed by atoms with Crippen LogP contribution in [-0.4, -0.2) is 0 Å². The van der Waals surface area contributed by atoms with Gasteiger partial charge < -0.3 is 4.90 Å². The predicted molar refractivity (Wildman–Crippen MR) is 211 cm³/mol. The summed E-state index contributed by atoms with van der Waals surface area (Å²) in [6, 6.07) is 65.1.